The molecule has 0 aliphatic carbocycles. The second kappa shape index (κ2) is 4.59. The topological polar surface area (TPSA) is 52.9 Å². The predicted molar refractivity (Wildman–Crippen MR) is 61.0 cm³/mol. The monoisotopic (exact) mass is 235 g/mol. The maximum absolute atomic E-state index is 9.91. The molecule has 4 nitrogen and oxygen atoms in total. The van der Waals surface area contributed by atoms with E-state index in [1.807, 2.05) is 0 Å². The van der Waals surface area contributed by atoms with E-state index in [1.165, 1.54) is 5.06 Å². The van der Waals surface area contributed by atoms with E-state index in [2.05, 4.69) is 0 Å². The van der Waals surface area contributed by atoms with Gasteiger partial charge in [-0.1, -0.05) is 0 Å². The third kappa shape index (κ3) is 3.92. The van der Waals surface area contributed by atoms with Gasteiger partial charge in [-0.05, 0) is 46.3 Å². The van der Waals surface area contributed by atoms with Crippen LogP contribution in [-0.4, -0.2) is 37.9 Å². The molecule has 0 amide bonds. The van der Waals surface area contributed by atoms with Crippen molar-refractivity contribution in [3.63, 3.8) is 0 Å². The van der Waals surface area contributed by atoms with Crippen LogP contribution in [0.5, 0.6) is 0 Å². The van der Waals surface area contributed by atoms with Crippen molar-refractivity contribution in [2.24, 2.45) is 0 Å². The minimum Gasteiger partial charge on any atom is -0.374 e. The second-order valence-corrected chi connectivity index (χ2v) is 6.10. The molecule has 1 atom stereocenters. The number of hydrogen-bond acceptors (Lipinski definition) is 5. The first-order valence-corrected chi connectivity index (χ1v) is 6.29. The average molecular weight is 235 g/mol. The second-order valence-electron chi connectivity index (χ2n) is 4.83. The Morgan fingerprint density at radius 2 is 1.73 bits per heavy atom. The van der Waals surface area contributed by atoms with Gasteiger partial charge in [0.15, 0.2) is 0 Å². The number of hydroxylamine groups is 2. The van der Waals surface area contributed by atoms with E-state index >= 15 is 0 Å². The minimum atomic E-state index is -1.19. The molecule has 90 valence electrons. The quantitative estimate of drug-likeness (QED) is 0.572. The van der Waals surface area contributed by atoms with Gasteiger partial charge < -0.3 is 10.2 Å². The van der Waals surface area contributed by atoms with Gasteiger partial charge in [0.25, 0.3) is 0 Å². The summed E-state index contributed by atoms with van der Waals surface area (Å²) in [6, 6.07) is 0. The molecule has 1 heterocycles. The third-order valence-corrected chi connectivity index (χ3v) is 3.32. The van der Waals surface area contributed by atoms with E-state index in [4.69, 9.17) is 4.84 Å². The molecule has 1 fully saturated rings. The Hall–Kier alpha value is 0.190. The van der Waals surface area contributed by atoms with Crippen molar-refractivity contribution in [3.05, 3.63) is 0 Å². The molecule has 1 rings (SSSR count). The summed E-state index contributed by atoms with van der Waals surface area (Å²) in [6.45, 7) is 6.41. The number of nitrogens with zero attached hydrogens (tertiary/aromatic N) is 1. The van der Waals surface area contributed by atoms with Crippen molar-refractivity contribution in [1.29, 1.82) is 0 Å². The van der Waals surface area contributed by atoms with Gasteiger partial charge in [-0.15, -0.1) is 16.8 Å². The van der Waals surface area contributed by atoms with E-state index in [0.717, 1.165) is 18.6 Å². The van der Waals surface area contributed by atoms with E-state index in [1.54, 1.807) is 39.5 Å². The highest BCUT2D eigenvalue weighted by Gasteiger charge is 2.38. The normalized spacial score (nSPS) is 23.8. The lowest BCUT2D eigenvalue weighted by atomic mass is 10.2. The summed E-state index contributed by atoms with van der Waals surface area (Å²) in [5.41, 5.74) is -2.34. The first kappa shape index (κ1) is 13.3. The molecule has 1 aliphatic rings. The van der Waals surface area contributed by atoms with Crippen LogP contribution in [0.4, 0.5) is 0 Å². The van der Waals surface area contributed by atoms with E-state index in [-0.39, 0.29) is 5.44 Å². The summed E-state index contributed by atoms with van der Waals surface area (Å²) in [5.74, 6) is 1.08. The molecule has 2 N–H and O–H groups in total. The van der Waals surface area contributed by atoms with Gasteiger partial charge in [0.05, 0.1) is 0 Å². The lowest BCUT2D eigenvalue weighted by Gasteiger charge is -2.42. The molecule has 0 spiro atoms. The Morgan fingerprint density at radius 1 is 1.20 bits per heavy atom. The summed E-state index contributed by atoms with van der Waals surface area (Å²) in [5, 5.41) is 21.1. The van der Waals surface area contributed by atoms with Gasteiger partial charge in [-0.2, -0.15) is 0 Å². The van der Waals surface area contributed by atoms with Crippen molar-refractivity contribution >= 4 is 11.8 Å². The molecule has 1 unspecified atom stereocenters. The Morgan fingerprint density at radius 3 is 2.07 bits per heavy atom. The van der Waals surface area contributed by atoms with Crippen molar-refractivity contribution < 1.29 is 15.1 Å². The smallest absolute Gasteiger partial charge is 0.138 e. The van der Waals surface area contributed by atoms with Crippen molar-refractivity contribution in [3.8, 4) is 0 Å². The highest BCUT2D eigenvalue weighted by atomic mass is 32.2. The standard InChI is InChI=1S/C10H21NO3S/c1-9(2,12)11(10(3,4)13)14-8-6-5-7-15-8/h8,12-13H,5-7H2,1-4H3. The molecular weight excluding hydrogens is 214 g/mol. The fourth-order valence-electron chi connectivity index (χ4n) is 1.68. The molecule has 0 radical (unpaired) electrons. The van der Waals surface area contributed by atoms with Crippen LogP contribution in [-0.2, 0) is 4.84 Å². The summed E-state index contributed by atoms with van der Waals surface area (Å²) in [7, 11) is 0. The van der Waals surface area contributed by atoms with Gasteiger partial charge >= 0.3 is 0 Å². The largest absolute Gasteiger partial charge is 0.374 e. The van der Waals surface area contributed by atoms with Crippen LogP contribution in [0.3, 0.4) is 0 Å². The van der Waals surface area contributed by atoms with Gasteiger partial charge in [0.1, 0.15) is 16.9 Å². The highest BCUT2D eigenvalue weighted by molar-refractivity contribution is 8.00. The van der Waals surface area contributed by atoms with Crippen molar-refractivity contribution in [1.82, 2.24) is 5.06 Å². The lowest BCUT2D eigenvalue weighted by Crippen LogP contribution is -2.56. The van der Waals surface area contributed by atoms with Crippen LogP contribution < -0.4 is 0 Å². The maximum atomic E-state index is 9.91. The number of aliphatic hydroxyl groups is 2. The van der Waals surface area contributed by atoms with Crippen molar-refractivity contribution in [2.45, 2.75) is 57.4 Å². The van der Waals surface area contributed by atoms with Gasteiger partial charge in [0.2, 0.25) is 0 Å². The molecule has 15 heavy (non-hydrogen) atoms. The molecular formula is C10H21NO3S. The number of rotatable bonds is 4. The average Bonchev–Trinajstić information content (AvgIpc) is 2.46. The van der Waals surface area contributed by atoms with Crippen LogP contribution in [0.15, 0.2) is 0 Å². The van der Waals surface area contributed by atoms with Crippen LogP contribution >= 0.6 is 11.8 Å². The van der Waals surface area contributed by atoms with Crippen LogP contribution in [0.1, 0.15) is 40.5 Å². The Labute approximate surface area is 95.6 Å². The van der Waals surface area contributed by atoms with Crippen LogP contribution in [0, 0.1) is 0 Å². The fraction of sp³-hybridized carbons (Fsp3) is 1.00. The molecule has 1 saturated heterocycles. The van der Waals surface area contributed by atoms with E-state index in [9.17, 15) is 10.2 Å². The molecule has 0 aromatic heterocycles. The van der Waals surface area contributed by atoms with E-state index < -0.39 is 11.4 Å². The molecule has 5 heteroatoms. The predicted octanol–water partition coefficient (Wildman–Crippen LogP) is 1.53. The fourth-order valence-corrected chi connectivity index (χ4v) is 2.75. The molecule has 0 aromatic carbocycles. The van der Waals surface area contributed by atoms with Gasteiger partial charge in [-0.25, -0.2) is 0 Å². The van der Waals surface area contributed by atoms with Gasteiger partial charge in [-0.3, -0.25) is 4.84 Å². The summed E-state index contributed by atoms with van der Waals surface area (Å²) < 4.78 is 0. The van der Waals surface area contributed by atoms with Crippen molar-refractivity contribution in [2.75, 3.05) is 5.75 Å². The van der Waals surface area contributed by atoms with Crippen LogP contribution in [0.25, 0.3) is 0 Å². The highest BCUT2D eigenvalue weighted by Crippen LogP contribution is 2.32. The summed E-state index contributed by atoms with van der Waals surface area (Å²) >= 11 is 1.72. The number of hydrogen-bond donors (Lipinski definition) is 2. The first-order valence-electron chi connectivity index (χ1n) is 5.25. The third-order valence-electron chi connectivity index (χ3n) is 2.10. The molecule has 0 bridgehead atoms. The lowest BCUT2D eigenvalue weighted by molar-refractivity contribution is -0.370. The Balaban J connectivity index is 2.65. The van der Waals surface area contributed by atoms with E-state index in [0.29, 0.717) is 0 Å². The Kier molecular flexibility index (Phi) is 4.06. The number of thioether (sulfide) groups is 1. The summed E-state index contributed by atoms with van der Waals surface area (Å²) in [6.07, 6.45) is 2.09. The maximum Gasteiger partial charge on any atom is 0.138 e. The SMILES string of the molecule is CC(C)(O)N(OC1CCCS1)C(C)(C)O. The summed E-state index contributed by atoms with van der Waals surface area (Å²) in [4.78, 5) is 5.64. The Bertz CT molecular complexity index is 190. The zero-order valence-corrected chi connectivity index (χ0v) is 10.7. The zero-order chi connectivity index (χ0) is 11.7. The minimum absolute atomic E-state index is 0.0443. The zero-order valence-electron chi connectivity index (χ0n) is 9.86. The molecule has 0 aromatic rings. The molecule has 1 aliphatic heterocycles. The van der Waals surface area contributed by atoms with Gasteiger partial charge in [0, 0.05) is 0 Å². The molecule has 0 saturated carbocycles. The van der Waals surface area contributed by atoms with Crippen LogP contribution in [0.2, 0.25) is 0 Å². The first-order chi connectivity index (χ1) is 6.71.